The summed E-state index contributed by atoms with van der Waals surface area (Å²) in [5.74, 6) is 0.441. The van der Waals surface area contributed by atoms with Gasteiger partial charge in [-0.25, -0.2) is 13.1 Å². The molecule has 6 nitrogen and oxygen atoms in total. The van der Waals surface area contributed by atoms with Crippen LogP contribution in [0.25, 0.3) is 0 Å². The molecular formula is C14H17N3O3S. The van der Waals surface area contributed by atoms with E-state index in [1.54, 1.807) is 6.20 Å². The van der Waals surface area contributed by atoms with Crippen LogP contribution in [-0.4, -0.2) is 20.5 Å². The van der Waals surface area contributed by atoms with E-state index in [1.165, 1.54) is 25.3 Å². The molecule has 0 radical (unpaired) electrons. The molecule has 0 atom stereocenters. The zero-order valence-corrected chi connectivity index (χ0v) is 12.6. The Morgan fingerprint density at radius 3 is 2.62 bits per heavy atom. The highest BCUT2D eigenvalue weighted by molar-refractivity contribution is 7.89. The average molecular weight is 307 g/mol. The van der Waals surface area contributed by atoms with Crippen LogP contribution in [0, 0.1) is 6.92 Å². The maximum atomic E-state index is 12.2. The molecule has 0 aliphatic rings. The number of sulfonamides is 1. The minimum atomic E-state index is -3.63. The third-order valence-corrected chi connectivity index (χ3v) is 4.35. The fourth-order valence-electron chi connectivity index (χ4n) is 1.74. The Balaban J connectivity index is 2.14. The van der Waals surface area contributed by atoms with E-state index in [0.29, 0.717) is 5.75 Å². The molecule has 1 aromatic heterocycles. The first kappa shape index (κ1) is 15.3. The van der Waals surface area contributed by atoms with E-state index in [4.69, 9.17) is 10.5 Å². The van der Waals surface area contributed by atoms with Gasteiger partial charge in [0.05, 0.1) is 17.7 Å². The number of pyridine rings is 1. The van der Waals surface area contributed by atoms with Crippen LogP contribution in [0.4, 0.5) is 5.69 Å². The van der Waals surface area contributed by atoms with Gasteiger partial charge in [0, 0.05) is 18.4 Å². The maximum Gasteiger partial charge on any atom is 0.240 e. The smallest absolute Gasteiger partial charge is 0.240 e. The number of rotatable bonds is 5. The van der Waals surface area contributed by atoms with Crippen LogP contribution in [0.15, 0.2) is 41.4 Å². The molecule has 0 saturated heterocycles. The number of methoxy groups -OCH3 is 1. The summed E-state index contributed by atoms with van der Waals surface area (Å²) in [6.07, 6.45) is 1.64. The molecule has 0 fully saturated rings. The molecule has 2 aromatic rings. The van der Waals surface area contributed by atoms with Gasteiger partial charge in [-0.1, -0.05) is 6.07 Å². The van der Waals surface area contributed by atoms with Crippen molar-refractivity contribution in [3.05, 3.63) is 47.8 Å². The average Bonchev–Trinajstić information content (AvgIpc) is 2.46. The Labute approximate surface area is 124 Å². The van der Waals surface area contributed by atoms with Crippen molar-refractivity contribution in [3.63, 3.8) is 0 Å². The fraction of sp³-hybridized carbons (Fsp3) is 0.214. The molecule has 2 rings (SSSR count). The number of ether oxygens (including phenoxy) is 1. The van der Waals surface area contributed by atoms with E-state index in [0.717, 1.165) is 11.3 Å². The van der Waals surface area contributed by atoms with Gasteiger partial charge in [-0.2, -0.15) is 0 Å². The van der Waals surface area contributed by atoms with E-state index < -0.39 is 10.0 Å². The Kier molecular flexibility index (Phi) is 4.44. The molecule has 1 aromatic carbocycles. The van der Waals surface area contributed by atoms with Gasteiger partial charge in [0.25, 0.3) is 0 Å². The van der Waals surface area contributed by atoms with Gasteiger partial charge < -0.3 is 10.5 Å². The highest BCUT2D eigenvalue weighted by Gasteiger charge is 2.15. The van der Waals surface area contributed by atoms with Crippen molar-refractivity contribution < 1.29 is 13.2 Å². The lowest BCUT2D eigenvalue weighted by molar-refractivity contribution is 0.416. The number of nitrogen functional groups attached to an aromatic ring is 1. The lowest BCUT2D eigenvalue weighted by atomic mass is 10.2. The normalized spacial score (nSPS) is 11.3. The predicted molar refractivity (Wildman–Crippen MR) is 80.4 cm³/mol. The molecule has 0 spiro atoms. The van der Waals surface area contributed by atoms with Crippen molar-refractivity contribution in [1.29, 1.82) is 0 Å². The van der Waals surface area contributed by atoms with Crippen LogP contribution >= 0.6 is 0 Å². The Morgan fingerprint density at radius 2 is 2.05 bits per heavy atom. The van der Waals surface area contributed by atoms with Crippen LogP contribution < -0.4 is 15.2 Å². The number of aromatic nitrogens is 1. The van der Waals surface area contributed by atoms with Crippen LogP contribution in [0.3, 0.4) is 0 Å². The van der Waals surface area contributed by atoms with E-state index >= 15 is 0 Å². The summed E-state index contributed by atoms with van der Waals surface area (Å²) in [4.78, 5) is 4.22. The lowest BCUT2D eigenvalue weighted by Gasteiger charge is -2.09. The van der Waals surface area contributed by atoms with Crippen molar-refractivity contribution in [1.82, 2.24) is 9.71 Å². The molecule has 112 valence electrons. The monoisotopic (exact) mass is 307 g/mol. The molecule has 0 unspecified atom stereocenters. The highest BCUT2D eigenvalue weighted by atomic mass is 32.2. The summed E-state index contributed by atoms with van der Waals surface area (Å²) in [6, 6.07) is 8.00. The molecule has 0 bridgehead atoms. The Bertz CT molecular complexity index is 728. The van der Waals surface area contributed by atoms with E-state index in [-0.39, 0.29) is 17.1 Å². The molecule has 0 aliphatic heterocycles. The van der Waals surface area contributed by atoms with Crippen molar-refractivity contribution in [2.24, 2.45) is 0 Å². The molecule has 0 amide bonds. The summed E-state index contributed by atoms with van der Waals surface area (Å²) in [5, 5.41) is 0. The SMILES string of the molecule is COc1ccc(S(=O)(=O)NCc2ccc(C)nc2)cc1N. The summed E-state index contributed by atoms with van der Waals surface area (Å²) in [5.41, 5.74) is 7.66. The quantitative estimate of drug-likeness (QED) is 0.816. The number of nitrogens with two attached hydrogens (primary N) is 1. The van der Waals surface area contributed by atoms with Crippen molar-refractivity contribution in [2.45, 2.75) is 18.4 Å². The number of benzene rings is 1. The zero-order chi connectivity index (χ0) is 15.5. The molecular weight excluding hydrogens is 290 g/mol. The highest BCUT2D eigenvalue weighted by Crippen LogP contribution is 2.24. The topological polar surface area (TPSA) is 94.3 Å². The molecule has 21 heavy (non-hydrogen) atoms. The van der Waals surface area contributed by atoms with Gasteiger partial charge in [0.2, 0.25) is 10.0 Å². The van der Waals surface area contributed by atoms with Gasteiger partial charge in [-0.3, -0.25) is 4.98 Å². The Hall–Kier alpha value is -2.12. The summed E-state index contributed by atoms with van der Waals surface area (Å²) in [6.45, 7) is 2.04. The summed E-state index contributed by atoms with van der Waals surface area (Å²) in [7, 11) is -2.15. The van der Waals surface area contributed by atoms with Crippen molar-refractivity contribution in [3.8, 4) is 5.75 Å². The van der Waals surface area contributed by atoms with Gasteiger partial charge in [-0.05, 0) is 36.8 Å². The number of anilines is 1. The number of nitrogens with one attached hydrogen (secondary N) is 1. The van der Waals surface area contributed by atoms with Crippen LogP contribution in [0.2, 0.25) is 0 Å². The zero-order valence-electron chi connectivity index (χ0n) is 11.8. The fourth-order valence-corrected chi connectivity index (χ4v) is 2.80. The maximum absolute atomic E-state index is 12.2. The predicted octanol–water partition coefficient (Wildman–Crippen LogP) is 1.46. The minimum Gasteiger partial charge on any atom is -0.495 e. The van der Waals surface area contributed by atoms with Crippen LogP contribution in [0.1, 0.15) is 11.3 Å². The van der Waals surface area contributed by atoms with Gasteiger partial charge >= 0.3 is 0 Å². The number of aryl methyl sites for hydroxylation is 1. The van der Waals surface area contributed by atoms with E-state index in [9.17, 15) is 8.42 Å². The first-order valence-electron chi connectivity index (χ1n) is 6.27. The summed E-state index contributed by atoms with van der Waals surface area (Å²) < 4.78 is 31.9. The second-order valence-electron chi connectivity index (χ2n) is 4.54. The molecule has 7 heteroatoms. The summed E-state index contributed by atoms with van der Waals surface area (Å²) >= 11 is 0. The van der Waals surface area contributed by atoms with Crippen LogP contribution in [0.5, 0.6) is 5.75 Å². The second-order valence-corrected chi connectivity index (χ2v) is 6.30. The van der Waals surface area contributed by atoms with E-state index in [1.807, 2.05) is 19.1 Å². The van der Waals surface area contributed by atoms with Crippen molar-refractivity contribution in [2.75, 3.05) is 12.8 Å². The molecule has 0 saturated carbocycles. The largest absolute Gasteiger partial charge is 0.495 e. The van der Waals surface area contributed by atoms with Gasteiger partial charge in [0.1, 0.15) is 5.75 Å². The van der Waals surface area contributed by atoms with Gasteiger partial charge in [-0.15, -0.1) is 0 Å². The number of hydrogen-bond donors (Lipinski definition) is 2. The molecule has 3 N–H and O–H groups in total. The number of nitrogens with zero attached hydrogens (tertiary/aromatic N) is 1. The first-order valence-corrected chi connectivity index (χ1v) is 7.75. The van der Waals surface area contributed by atoms with Gasteiger partial charge in [0.15, 0.2) is 0 Å². The Morgan fingerprint density at radius 1 is 1.29 bits per heavy atom. The first-order chi connectivity index (χ1) is 9.92. The van der Waals surface area contributed by atoms with Crippen LogP contribution in [-0.2, 0) is 16.6 Å². The standard InChI is InChI=1S/C14H17N3O3S/c1-10-3-4-11(8-16-10)9-17-21(18,19)12-5-6-14(20-2)13(15)7-12/h3-8,17H,9,15H2,1-2H3. The molecule has 0 aliphatic carbocycles. The second kappa shape index (κ2) is 6.11. The number of hydrogen-bond acceptors (Lipinski definition) is 5. The minimum absolute atomic E-state index is 0.0980. The third-order valence-electron chi connectivity index (χ3n) is 2.95. The van der Waals surface area contributed by atoms with E-state index in [2.05, 4.69) is 9.71 Å². The molecule has 1 heterocycles. The third kappa shape index (κ3) is 3.71. The van der Waals surface area contributed by atoms with Crippen molar-refractivity contribution >= 4 is 15.7 Å². The lowest BCUT2D eigenvalue weighted by Crippen LogP contribution is -2.23.